The fourth-order valence-corrected chi connectivity index (χ4v) is 3.04. The van der Waals surface area contributed by atoms with E-state index in [1.54, 1.807) is 7.11 Å². The Bertz CT molecular complexity index is 486. The molecule has 2 N–H and O–H groups in total. The zero-order valence-corrected chi connectivity index (χ0v) is 13.5. The molecule has 2 saturated heterocycles. The van der Waals surface area contributed by atoms with Crippen molar-refractivity contribution in [2.24, 2.45) is 0 Å². The van der Waals surface area contributed by atoms with Crippen molar-refractivity contribution in [3.8, 4) is 0 Å². The van der Waals surface area contributed by atoms with Crippen LogP contribution < -0.4 is 10.6 Å². The van der Waals surface area contributed by atoms with Crippen molar-refractivity contribution in [2.75, 3.05) is 53.2 Å². The summed E-state index contributed by atoms with van der Waals surface area (Å²) in [6, 6.07) is 0. The van der Waals surface area contributed by atoms with E-state index in [9.17, 15) is 4.79 Å². The molecule has 0 aromatic heterocycles. The van der Waals surface area contributed by atoms with E-state index >= 15 is 0 Å². The van der Waals surface area contributed by atoms with E-state index in [1.807, 2.05) is 12.2 Å². The zero-order valence-electron chi connectivity index (χ0n) is 13.5. The molecular weight excluding hydrogens is 298 g/mol. The van der Waals surface area contributed by atoms with Gasteiger partial charge in [0.2, 0.25) is 0 Å². The molecule has 2 fully saturated rings. The van der Waals surface area contributed by atoms with Crippen LogP contribution in [-0.2, 0) is 19.0 Å². The lowest BCUT2D eigenvalue weighted by molar-refractivity contribution is -0.118. The molecule has 2 atom stereocenters. The Kier molecular flexibility index (Phi) is 5.66. The van der Waals surface area contributed by atoms with Gasteiger partial charge in [-0.1, -0.05) is 0 Å². The Hall–Kier alpha value is -1.41. The summed E-state index contributed by atoms with van der Waals surface area (Å²) in [5.74, 6) is -0.0635. The summed E-state index contributed by atoms with van der Waals surface area (Å²) in [6.07, 6.45) is 4.35. The third-order valence-corrected chi connectivity index (χ3v) is 4.35. The van der Waals surface area contributed by atoms with E-state index in [1.165, 1.54) is 0 Å². The third kappa shape index (κ3) is 4.11. The molecule has 3 rings (SSSR count). The lowest BCUT2D eigenvalue weighted by Gasteiger charge is -2.31. The van der Waals surface area contributed by atoms with Crippen LogP contribution >= 0.6 is 0 Å². The highest BCUT2D eigenvalue weighted by atomic mass is 16.5. The summed E-state index contributed by atoms with van der Waals surface area (Å²) >= 11 is 0. The lowest BCUT2D eigenvalue weighted by Crippen LogP contribution is -2.46. The van der Waals surface area contributed by atoms with Crippen molar-refractivity contribution in [2.45, 2.75) is 18.6 Å². The molecule has 0 aromatic carbocycles. The van der Waals surface area contributed by atoms with Crippen LogP contribution in [0.1, 0.15) is 6.42 Å². The number of hydrogen-bond donors (Lipinski definition) is 2. The number of rotatable bonds is 6. The predicted molar refractivity (Wildman–Crippen MR) is 84.7 cm³/mol. The molecule has 2 aliphatic heterocycles. The molecular formula is C16H25N3O4. The number of amides is 1. The summed E-state index contributed by atoms with van der Waals surface area (Å²) < 4.78 is 16.8. The minimum Gasteiger partial charge on any atom is -0.379 e. The van der Waals surface area contributed by atoms with Gasteiger partial charge < -0.3 is 24.8 Å². The van der Waals surface area contributed by atoms with Gasteiger partial charge in [-0.25, -0.2) is 0 Å². The van der Waals surface area contributed by atoms with Gasteiger partial charge in [0.1, 0.15) is 12.2 Å². The summed E-state index contributed by atoms with van der Waals surface area (Å²) in [6.45, 7) is 5.72. The van der Waals surface area contributed by atoms with Crippen molar-refractivity contribution in [1.82, 2.24) is 15.5 Å². The van der Waals surface area contributed by atoms with Gasteiger partial charge in [0, 0.05) is 39.0 Å². The van der Waals surface area contributed by atoms with E-state index in [4.69, 9.17) is 14.2 Å². The van der Waals surface area contributed by atoms with Crippen LogP contribution in [0.25, 0.3) is 0 Å². The zero-order chi connectivity index (χ0) is 16.1. The first-order valence-electron chi connectivity index (χ1n) is 8.18. The van der Waals surface area contributed by atoms with Gasteiger partial charge in [0.15, 0.2) is 0 Å². The van der Waals surface area contributed by atoms with E-state index in [2.05, 4.69) is 15.5 Å². The number of carbonyl (C=O) groups excluding carboxylic acids is 1. The summed E-state index contributed by atoms with van der Waals surface area (Å²) in [7, 11) is 1.66. The first-order valence-corrected chi connectivity index (χ1v) is 8.18. The maximum absolute atomic E-state index is 11.9. The first-order chi connectivity index (χ1) is 11.3. The standard InChI is InChI=1S/C16H25N3O4/c1-21-14-10-13-12(16(20)18-11-17-13)9-15(14)23-6-2-3-19-4-7-22-8-5-19/h9-10,14-15,17H,2-8,11H2,1H3,(H,18,20). The maximum Gasteiger partial charge on any atom is 0.254 e. The monoisotopic (exact) mass is 323 g/mol. The number of nitrogens with zero attached hydrogens (tertiary/aromatic N) is 1. The molecule has 1 amide bonds. The van der Waals surface area contributed by atoms with E-state index < -0.39 is 0 Å². The van der Waals surface area contributed by atoms with Crippen LogP contribution in [0.5, 0.6) is 0 Å². The fraction of sp³-hybridized carbons (Fsp3) is 0.688. The Morgan fingerprint density at radius 2 is 2.09 bits per heavy atom. The van der Waals surface area contributed by atoms with Crippen molar-refractivity contribution in [1.29, 1.82) is 0 Å². The summed E-state index contributed by atoms with van der Waals surface area (Å²) in [5.41, 5.74) is 1.47. The molecule has 0 radical (unpaired) electrons. The number of fused-ring (bicyclic) bond motifs is 1. The Morgan fingerprint density at radius 1 is 1.26 bits per heavy atom. The molecule has 0 spiro atoms. The molecule has 0 bridgehead atoms. The quantitative estimate of drug-likeness (QED) is 0.649. The van der Waals surface area contributed by atoms with Gasteiger partial charge >= 0.3 is 0 Å². The van der Waals surface area contributed by atoms with Crippen molar-refractivity contribution in [3.63, 3.8) is 0 Å². The highest BCUT2D eigenvalue weighted by Crippen LogP contribution is 2.23. The summed E-state index contributed by atoms with van der Waals surface area (Å²) in [4.78, 5) is 14.3. The van der Waals surface area contributed by atoms with Crippen molar-refractivity contribution < 1.29 is 19.0 Å². The number of ether oxygens (including phenoxy) is 3. The van der Waals surface area contributed by atoms with Crippen LogP contribution in [0.15, 0.2) is 23.4 Å². The van der Waals surface area contributed by atoms with E-state index in [-0.39, 0.29) is 18.1 Å². The SMILES string of the molecule is COC1C=C2NCNC(=O)C2=CC1OCCCN1CCOCC1. The average Bonchev–Trinajstić information content (AvgIpc) is 2.59. The average molecular weight is 323 g/mol. The van der Waals surface area contributed by atoms with Crippen molar-refractivity contribution >= 4 is 5.91 Å². The minimum absolute atomic E-state index is 0.0635. The predicted octanol–water partition coefficient (Wildman–Crippen LogP) is -0.390. The lowest BCUT2D eigenvalue weighted by atomic mass is 9.97. The second-order valence-corrected chi connectivity index (χ2v) is 5.86. The van der Waals surface area contributed by atoms with Crippen molar-refractivity contribution in [3.05, 3.63) is 23.4 Å². The number of methoxy groups -OCH3 is 1. The smallest absolute Gasteiger partial charge is 0.254 e. The van der Waals surface area contributed by atoms with Gasteiger partial charge in [-0.2, -0.15) is 0 Å². The molecule has 128 valence electrons. The molecule has 0 aromatic rings. The molecule has 1 aliphatic carbocycles. The van der Waals surface area contributed by atoms with Crippen LogP contribution in [0, 0.1) is 0 Å². The van der Waals surface area contributed by atoms with E-state index in [0.29, 0.717) is 18.8 Å². The van der Waals surface area contributed by atoms with Crippen LogP contribution in [0.4, 0.5) is 0 Å². The molecule has 2 unspecified atom stereocenters. The Morgan fingerprint density at radius 3 is 2.87 bits per heavy atom. The van der Waals surface area contributed by atoms with E-state index in [0.717, 1.165) is 45.0 Å². The molecule has 2 heterocycles. The van der Waals surface area contributed by atoms with Gasteiger partial charge in [-0.3, -0.25) is 9.69 Å². The third-order valence-electron chi connectivity index (χ3n) is 4.35. The fourth-order valence-electron chi connectivity index (χ4n) is 3.04. The Labute approximate surface area is 136 Å². The van der Waals surface area contributed by atoms with Gasteiger partial charge in [-0.15, -0.1) is 0 Å². The van der Waals surface area contributed by atoms with Gasteiger partial charge in [-0.05, 0) is 18.6 Å². The maximum atomic E-state index is 11.9. The topological polar surface area (TPSA) is 72.1 Å². The largest absolute Gasteiger partial charge is 0.379 e. The first kappa shape index (κ1) is 16.4. The molecule has 0 saturated carbocycles. The highest BCUT2D eigenvalue weighted by molar-refractivity contribution is 5.99. The molecule has 7 nitrogen and oxygen atoms in total. The van der Waals surface area contributed by atoms with Gasteiger partial charge in [0.25, 0.3) is 5.91 Å². The molecule has 3 aliphatic rings. The Balaban J connectivity index is 1.50. The number of carbonyl (C=O) groups is 1. The number of morpholine rings is 1. The molecule has 7 heteroatoms. The second kappa shape index (κ2) is 7.92. The van der Waals surface area contributed by atoms with Gasteiger partial charge in [0.05, 0.1) is 25.5 Å². The number of nitrogens with one attached hydrogen (secondary N) is 2. The van der Waals surface area contributed by atoms with Crippen LogP contribution in [0.2, 0.25) is 0 Å². The number of hydrogen-bond acceptors (Lipinski definition) is 6. The normalized spacial score (nSPS) is 28.3. The highest BCUT2D eigenvalue weighted by Gasteiger charge is 2.30. The van der Waals surface area contributed by atoms with Crippen LogP contribution in [0.3, 0.4) is 0 Å². The second-order valence-electron chi connectivity index (χ2n) is 5.86. The molecule has 23 heavy (non-hydrogen) atoms. The summed E-state index contributed by atoms with van der Waals surface area (Å²) in [5, 5.41) is 5.92. The van der Waals surface area contributed by atoms with Crippen LogP contribution in [-0.4, -0.2) is 76.2 Å². The minimum atomic E-state index is -0.228.